The van der Waals surface area contributed by atoms with E-state index in [2.05, 4.69) is 15.9 Å². The summed E-state index contributed by atoms with van der Waals surface area (Å²) in [5.74, 6) is 0. The molecule has 0 saturated heterocycles. The predicted octanol–water partition coefficient (Wildman–Crippen LogP) is 3.65. The number of hydrogen-bond donors (Lipinski definition) is 0. The second kappa shape index (κ2) is 6.34. The molecule has 23 heavy (non-hydrogen) atoms. The quantitative estimate of drug-likeness (QED) is 0.682. The van der Waals surface area contributed by atoms with Crippen molar-refractivity contribution in [3.8, 4) is 0 Å². The molecule has 0 spiro atoms. The average Bonchev–Trinajstić information content (AvgIpc) is 2.54. The molecule has 4 nitrogen and oxygen atoms in total. The van der Waals surface area contributed by atoms with Crippen molar-refractivity contribution in [2.24, 2.45) is 0 Å². The Morgan fingerprint density at radius 3 is 2.52 bits per heavy atom. The zero-order chi connectivity index (χ0) is 16.6. The molecule has 2 aromatic carbocycles. The molecule has 0 amide bonds. The molecule has 0 fully saturated rings. The van der Waals surface area contributed by atoms with Crippen LogP contribution in [0.5, 0.6) is 0 Å². The van der Waals surface area contributed by atoms with Crippen molar-refractivity contribution >= 4 is 38.4 Å². The van der Waals surface area contributed by atoms with Crippen LogP contribution in [0.1, 0.15) is 12.5 Å². The zero-order valence-corrected chi connectivity index (χ0v) is 14.8. The van der Waals surface area contributed by atoms with Crippen molar-refractivity contribution in [1.29, 1.82) is 0 Å². The van der Waals surface area contributed by atoms with Crippen LogP contribution in [0.4, 0.5) is 0 Å². The minimum atomic E-state index is -0.327. The largest absolute Gasteiger partial charge is 0.331 e. The SMILES string of the molecule is CCn1c(=O)c2cc(Br)ccc2n(Cc2ccccc2Cl)c1=O. The summed E-state index contributed by atoms with van der Waals surface area (Å²) in [6.07, 6.45) is 0. The lowest BCUT2D eigenvalue weighted by molar-refractivity contribution is 0.619. The van der Waals surface area contributed by atoms with Gasteiger partial charge in [-0.1, -0.05) is 45.7 Å². The highest BCUT2D eigenvalue weighted by molar-refractivity contribution is 9.10. The van der Waals surface area contributed by atoms with E-state index in [-0.39, 0.29) is 11.2 Å². The Morgan fingerprint density at radius 1 is 1.09 bits per heavy atom. The maximum absolute atomic E-state index is 12.7. The fraction of sp³-hybridized carbons (Fsp3) is 0.176. The second-order valence-corrected chi connectivity index (χ2v) is 6.49. The molecule has 0 unspecified atom stereocenters. The van der Waals surface area contributed by atoms with Crippen molar-refractivity contribution in [2.75, 3.05) is 0 Å². The summed E-state index contributed by atoms with van der Waals surface area (Å²) < 4.78 is 3.63. The highest BCUT2D eigenvalue weighted by atomic mass is 79.9. The van der Waals surface area contributed by atoms with Crippen LogP contribution in [0.2, 0.25) is 5.02 Å². The van der Waals surface area contributed by atoms with E-state index in [1.807, 2.05) is 24.3 Å². The first-order chi connectivity index (χ1) is 11.0. The third-order valence-corrected chi connectivity index (χ3v) is 4.65. The van der Waals surface area contributed by atoms with Gasteiger partial charge in [0, 0.05) is 16.0 Å². The minimum absolute atomic E-state index is 0.274. The predicted molar refractivity (Wildman–Crippen MR) is 96.4 cm³/mol. The van der Waals surface area contributed by atoms with Gasteiger partial charge in [-0.25, -0.2) is 4.79 Å². The lowest BCUT2D eigenvalue weighted by Gasteiger charge is -2.14. The summed E-state index contributed by atoms with van der Waals surface area (Å²) >= 11 is 9.59. The summed E-state index contributed by atoms with van der Waals surface area (Å²) in [5, 5.41) is 1.10. The minimum Gasteiger partial charge on any atom is -0.289 e. The smallest absolute Gasteiger partial charge is 0.289 e. The Hall–Kier alpha value is -1.85. The van der Waals surface area contributed by atoms with E-state index >= 15 is 0 Å². The van der Waals surface area contributed by atoms with Gasteiger partial charge in [-0.15, -0.1) is 0 Å². The summed E-state index contributed by atoms with van der Waals surface area (Å²) in [5.41, 5.74) is 0.839. The Morgan fingerprint density at radius 2 is 1.83 bits per heavy atom. The maximum Gasteiger partial charge on any atom is 0.331 e. The lowest BCUT2D eigenvalue weighted by Crippen LogP contribution is -2.39. The van der Waals surface area contributed by atoms with Gasteiger partial charge in [-0.3, -0.25) is 13.9 Å². The number of rotatable bonds is 3. The molecule has 118 valence electrons. The first-order valence-electron chi connectivity index (χ1n) is 7.19. The van der Waals surface area contributed by atoms with Gasteiger partial charge in [0.05, 0.1) is 17.4 Å². The van der Waals surface area contributed by atoms with E-state index in [4.69, 9.17) is 11.6 Å². The van der Waals surface area contributed by atoms with Gasteiger partial charge in [-0.05, 0) is 36.8 Å². The topological polar surface area (TPSA) is 44.0 Å². The molecule has 0 aliphatic rings. The molecule has 3 aromatic rings. The average molecular weight is 394 g/mol. The molecule has 0 aliphatic heterocycles. The molecule has 0 atom stereocenters. The molecule has 0 saturated carbocycles. The molecule has 0 N–H and O–H groups in total. The Kier molecular flexibility index (Phi) is 4.41. The first-order valence-corrected chi connectivity index (χ1v) is 8.36. The number of fused-ring (bicyclic) bond motifs is 1. The van der Waals surface area contributed by atoms with Crippen LogP contribution < -0.4 is 11.2 Å². The highest BCUT2D eigenvalue weighted by Crippen LogP contribution is 2.19. The van der Waals surface area contributed by atoms with Gasteiger partial charge >= 0.3 is 5.69 Å². The monoisotopic (exact) mass is 392 g/mol. The molecular formula is C17H14BrClN2O2. The van der Waals surface area contributed by atoms with Gasteiger partial charge in [-0.2, -0.15) is 0 Å². The normalized spacial score (nSPS) is 11.1. The van der Waals surface area contributed by atoms with E-state index in [0.29, 0.717) is 29.0 Å². The van der Waals surface area contributed by atoms with Crippen molar-refractivity contribution in [1.82, 2.24) is 9.13 Å². The van der Waals surface area contributed by atoms with E-state index in [0.717, 1.165) is 10.0 Å². The van der Waals surface area contributed by atoms with Crippen LogP contribution in [-0.2, 0) is 13.1 Å². The van der Waals surface area contributed by atoms with Crippen LogP contribution in [0.3, 0.4) is 0 Å². The van der Waals surface area contributed by atoms with Crippen molar-refractivity contribution in [2.45, 2.75) is 20.0 Å². The Bertz CT molecular complexity index is 1010. The molecule has 0 aliphatic carbocycles. The van der Waals surface area contributed by atoms with Crippen LogP contribution in [0.15, 0.2) is 56.5 Å². The fourth-order valence-electron chi connectivity index (χ4n) is 2.62. The summed E-state index contributed by atoms with van der Waals surface area (Å²) in [6, 6.07) is 12.7. The molecule has 1 aromatic heterocycles. The number of benzene rings is 2. The molecule has 3 rings (SSSR count). The lowest BCUT2D eigenvalue weighted by atomic mass is 10.2. The fourth-order valence-corrected chi connectivity index (χ4v) is 3.18. The second-order valence-electron chi connectivity index (χ2n) is 5.17. The molecule has 0 bridgehead atoms. The van der Waals surface area contributed by atoms with Crippen LogP contribution in [0, 0.1) is 0 Å². The summed E-state index contributed by atoms with van der Waals surface area (Å²) in [4.78, 5) is 25.2. The number of aromatic nitrogens is 2. The Balaban J connectivity index is 2.34. The van der Waals surface area contributed by atoms with Crippen LogP contribution in [-0.4, -0.2) is 9.13 Å². The molecular weight excluding hydrogens is 380 g/mol. The van der Waals surface area contributed by atoms with Gasteiger partial charge in [0.1, 0.15) is 0 Å². The van der Waals surface area contributed by atoms with Gasteiger partial charge in [0.15, 0.2) is 0 Å². The molecule has 1 heterocycles. The zero-order valence-electron chi connectivity index (χ0n) is 12.4. The van der Waals surface area contributed by atoms with Gasteiger partial charge in [0.2, 0.25) is 0 Å². The maximum atomic E-state index is 12.7. The van der Waals surface area contributed by atoms with Crippen LogP contribution in [0.25, 0.3) is 10.9 Å². The third kappa shape index (κ3) is 2.86. The van der Waals surface area contributed by atoms with E-state index in [1.165, 1.54) is 4.57 Å². The van der Waals surface area contributed by atoms with Crippen molar-refractivity contribution in [3.05, 3.63) is 78.4 Å². The Labute approximate surface area is 146 Å². The number of nitrogens with zero attached hydrogens (tertiary/aromatic N) is 2. The van der Waals surface area contributed by atoms with Crippen molar-refractivity contribution < 1.29 is 0 Å². The van der Waals surface area contributed by atoms with Gasteiger partial charge in [0.25, 0.3) is 5.56 Å². The van der Waals surface area contributed by atoms with Crippen LogP contribution >= 0.6 is 27.5 Å². The summed E-state index contributed by atoms with van der Waals surface area (Å²) in [7, 11) is 0. The molecule has 0 radical (unpaired) electrons. The van der Waals surface area contributed by atoms with E-state index in [1.54, 1.807) is 29.7 Å². The first kappa shape index (κ1) is 16.0. The van der Waals surface area contributed by atoms with Gasteiger partial charge < -0.3 is 0 Å². The van der Waals surface area contributed by atoms with Crippen molar-refractivity contribution in [3.63, 3.8) is 0 Å². The standard InChI is InChI=1S/C17H14BrClN2O2/c1-2-20-16(22)13-9-12(18)7-8-15(13)21(17(20)23)10-11-5-3-4-6-14(11)19/h3-9H,2,10H2,1H3. The van der Waals surface area contributed by atoms with E-state index < -0.39 is 0 Å². The molecule has 6 heteroatoms. The highest BCUT2D eigenvalue weighted by Gasteiger charge is 2.13. The number of hydrogen-bond acceptors (Lipinski definition) is 2. The third-order valence-electron chi connectivity index (χ3n) is 3.79. The summed E-state index contributed by atoms with van der Waals surface area (Å²) in [6.45, 7) is 2.42. The van der Waals surface area contributed by atoms with E-state index in [9.17, 15) is 9.59 Å². The number of halogens is 2.